The average Bonchev–Trinajstić information content (AvgIpc) is 3.69. The van der Waals surface area contributed by atoms with Crippen LogP contribution in [0.4, 0.5) is 0 Å². The molecule has 7 heteroatoms. The van der Waals surface area contributed by atoms with Gasteiger partial charge in [0.25, 0.3) is 0 Å². The summed E-state index contributed by atoms with van der Waals surface area (Å²) in [4.78, 5) is 29.6. The topological polar surface area (TPSA) is 85.3 Å². The normalized spacial score (nSPS) is 21.1. The number of hydrogen-bond donors (Lipinski definition) is 1. The Morgan fingerprint density at radius 2 is 1.52 bits per heavy atom. The molecule has 0 aromatic heterocycles. The highest BCUT2D eigenvalue weighted by atomic mass is 16.7. The fraction of sp³-hybridized carbons (Fsp3) is 0.212. The van der Waals surface area contributed by atoms with E-state index in [2.05, 4.69) is 24.3 Å². The number of aliphatic hydroxyl groups excluding tert-OH is 1. The van der Waals surface area contributed by atoms with Gasteiger partial charge in [-0.3, -0.25) is 14.5 Å². The summed E-state index contributed by atoms with van der Waals surface area (Å²) in [5.41, 5.74) is 4.46. The van der Waals surface area contributed by atoms with E-state index in [1.165, 1.54) is 7.11 Å². The van der Waals surface area contributed by atoms with Gasteiger partial charge >= 0.3 is 5.97 Å². The quantitative estimate of drug-likeness (QED) is 0.379. The Bertz CT molecular complexity index is 1590. The molecule has 1 aliphatic carbocycles. The molecule has 3 atom stereocenters. The minimum atomic E-state index is -1.27. The second kappa shape index (κ2) is 9.33. The van der Waals surface area contributed by atoms with E-state index in [4.69, 9.17) is 14.2 Å². The maximum Gasteiger partial charge on any atom is 0.324 e. The number of nitrogens with zero attached hydrogens (tertiary/aromatic N) is 1. The van der Waals surface area contributed by atoms with Gasteiger partial charge in [-0.25, -0.2) is 0 Å². The van der Waals surface area contributed by atoms with E-state index >= 15 is 0 Å². The van der Waals surface area contributed by atoms with Crippen LogP contribution in [0.25, 0.3) is 11.1 Å². The molecule has 0 bridgehead atoms. The van der Waals surface area contributed by atoms with Gasteiger partial charge in [-0.2, -0.15) is 0 Å². The first-order valence-corrected chi connectivity index (χ1v) is 13.3. The molecule has 200 valence electrons. The van der Waals surface area contributed by atoms with Crippen LogP contribution < -0.4 is 9.47 Å². The van der Waals surface area contributed by atoms with Gasteiger partial charge in [-0.05, 0) is 45.5 Å². The lowest BCUT2D eigenvalue weighted by molar-refractivity contribution is -0.151. The van der Waals surface area contributed by atoms with Crippen LogP contribution in [0.1, 0.15) is 28.4 Å². The molecule has 2 aliphatic heterocycles. The van der Waals surface area contributed by atoms with Gasteiger partial charge in [0, 0.05) is 0 Å². The molecule has 1 N–H and O–H groups in total. The molecule has 40 heavy (non-hydrogen) atoms. The predicted molar refractivity (Wildman–Crippen MR) is 147 cm³/mol. The number of ether oxygens (including phenoxy) is 3. The number of carbonyl (C=O) groups excluding carboxylic acids is 2. The summed E-state index contributed by atoms with van der Waals surface area (Å²) in [6.45, 7) is 0.0395. The van der Waals surface area contributed by atoms with Gasteiger partial charge in [-0.1, -0.05) is 84.9 Å². The molecule has 0 amide bonds. The van der Waals surface area contributed by atoms with Crippen molar-refractivity contribution >= 4 is 11.8 Å². The van der Waals surface area contributed by atoms with Crippen molar-refractivity contribution in [1.82, 2.24) is 4.90 Å². The summed E-state index contributed by atoms with van der Waals surface area (Å²) in [6, 6.07) is 30.2. The minimum absolute atomic E-state index is 0.0520. The molecule has 7 rings (SSSR count). The molecule has 0 radical (unpaired) electrons. The molecule has 3 aliphatic rings. The molecular formula is C33H27NO6. The maximum absolute atomic E-state index is 14.0. The van der Waals surface area contributed by atoms with Crippen LogP contribution in [-0.2, 0) is 19.9 Å². The van der Waals surface area contributed by atoms with Crippen LogP contribution in [0.15, 0.2) is 97.1 Å². The number of hydrogen-bond acceptors (Lipinski definition) is 7. The number of carbonyl (C=O) groups is 2. The molecule has 0 unspecified atom stereocenters. The standard InChI is InChI=1S/C33H27NO6/c1-38-32(37)30-29(31(36)20-15-16-27-28(17-20)40-19-39-27)26(35)18-34(30)33(21-9-3-2-4-10-21)24-13-7-5-11-22(24)23-12-6-8-14-25(23)33/h2-17,29-31,36H,18-19H2,1H3/t29-,30-,31-/m0/s1. The van der Waals surface area contributed by atoms with Crippen molar-refractivity contribution in [3.8, 4) is 22.6 Å². The van der Waals surface area contributed by atoms with Gasteiger partial charge in [0.2, 0.25) is 6.79 Å². The summed E-state index contributed by atoms with van der Waals surface area (Å²) in [5.74, 6) is -0.811. The lowest BCUT2D eigenvalue weighted by Crippen LogP contribution is -2.54. The largest absolute Gasteiger partial charge is 0.468 e. The van der Waals surface area contributed by atoms with Crippen LogP contribution in [0.5, 0.6) is 11.5 Å². The number of aliphatic hydroxyl groups is 1. The van der Waals surface area contributed by atoms with Crippen molar-refractivity contribution in [2.24, 2.45) is 5.92 Å². The Labute approximate surface area is 231 Å². The second-order valence-corrected chi connectivity index (χ2v) is 10.3. The Morgan fingerprint density at radius 3 is 2.20 bits per heavy atom. The van der Waals surface area contributed by atoms with Gasteiger partial charge in [0.15, 0.2) is 17.3 Å². The van der Waals surface area contributed by atoms with Crippen molar-refractivity contribution in [3.63, 3.8) is 0 Å². The zero-order valence-corrected chi connectivity index (χ0v) is 21.8. The molecule has 0 saturated carbocycles. The number of ketones is 1. The first kappa shape index (κ1) is 24.6. The lowest BCUT2D eigenvalue weighted by Gasteiger charge is -2.44. The summed E-state index contributed by atoms with van der Waals surface area (Å²) in [7, 11) is 1.32. The molecule has 0 spiro atoms. The van der Waals surface area contributed by atoms with Crippen LogP contribution >= 0.6 is 0 Å². The van der Waals surface area contributed by atoms with Crippen LogP contribution in [0, 0.1) is 5.92 Å². The third-order valence-electron chi connectivity index (χ3n) is 8.44. The molecule has 2 heterocycles. The number of esters is 1. The number of rotatable bonds is 5. The maximum atomic E-state index is 14.0. The highest BCUT2D eigenvalue weighted by Gasteiger charge is 2.60. The van der Waals surface area contributed by atoms with Crippen LogP contribution in [0.2, 0.25) is 0 Å². The zero-order chi connectivity index (χ0) is 27.4. The van der Waals surface area contributed by atoms with Crippen molar-refractivity contribution in [1.29, 1.82) is 0 Å². The Morgan fingerprint density at radius 1 is 0.900 bits per heavy atom. The molecule has 1 saturated heterocycles. The third-order valence-corrected chi connectivity index (χ3v) is 8.44. The number of likely N-dealkylation sites (tertiary alicyclic amines) is 1. The average molecular weight is 534 g/mol. The van der Waals surface area contributed by atoms with E-state index in [1.54, 1.807) is 18.2 Å². The van der Waals surface area contributed by atoms with Gasteiger partial charge in [-0.15, -0.1) is 0 Å². The van der Waals surface area contributed by atoms with Gasteiger partial charge < -0.3 is 19.3 Å². The van der Waals surface area contributed by atoms with E-state index < -0.39 is 29.6 Å². The number of fused-ring (bicyclic) bond motifs is 4. The Kier molecular flexibility index (Phi) is 5.73. The number of methoxy groups -OCH3 is 1. The van der Waals surface area contributed by atoms with Gasteiger partial charge in [0.05, 0.1) is 31.2 Å². The molecule has 7 nitrogen and oxygen atoms in total. The molecular weight excluding hydrogens is 506 g/mol. The van der Waals surface area contributed by atoms with E-state index in [0.717, 1.165) is 27.8 Å². The number of Topliss-reactive ketones (excluding diaryl/α,β-unsaturated/α-hetero) is 1. The van der Waals surface area contributed by atoms with E-state index in [0.29, 0.717) is 17.1 Å². The van der Waals surface area contributed by atoms with Crippen LogP contribution in [0.3, 0.4) is 0 Å². The monoisotopic (exact) mass is 533 g/mol. The number of benzene rings is 4. The summed E-state index contributed by atoms with van der Waals surface area (Å²) >= 11 is 0. The third kappa shape index (κ3) is 3.38. The fourth-order valence-corrected chi connectivity index (χ4v) is 6.79. The van der Waals surface area contributed by atoms with Crippen molar-refractivity contribution < 1.29 is 28.9 Å². The van der Waals surface area contributed by atoms with E-state index in [-0.39, 0.29) is 19.1 Å². The van der Waals surface area contributed by atoms with E-state index in [9.17, 15) is 14.7 Å². The zero-order valence-electron chi connectivity index (χ0n) is 21.8. The highest BCUT2D eigenvalue weighted by molar-refractivity contribution is 5.95. The smallest absolute Gasteiger partial charge is 0.324 e. The summed E-state index contributed by atoms with van der Waals surface area (Å²) in [6.07, 6.45) is -1.27. The SMILES string of the molecule is COC(=O)[C@@H]1[C@@H]([C@@H](O)c2ccc3c(c2)OCO3)C(=O)CN1C1(c2ccccc2)c2ccccc2-c2ccccc21. The van der Waals surface area contributed by atoms with Crippen molar-refractivity contribution in [2.45, 2.75) is 17.7 Å². The van der Waals surface area contributed by atoms with Gasteiger partial charge in [0.1, 0.15) is 6.04 Å². The minimum Gasteiger partial charge on any atom is -0.468 e. The first-order chi connectivity index (χ1) is 19.6. The van der Waals surface area contributed by atoms with E-state index in [1.807, 2.05) is 59.5 Å². The Balaban J connectivity index is 1.44. The first-order valence-electron chi connectivity index (χ1n) is 13.3. The fourth-order valence-electron chi connectivity index (χ4n) is 6.79. The predicted octanol–water partition coefficient (Wildman–Crippen LogP) is 4.46. The highest BCUT2D eigenvalue weighted by Crippen LogP contribution is 2.57. The summed E-state index contributed by atoms with van der Waals surface area (Å²) in [5, 5.41) is 11.7. The molecule has 4 aromatic rings. The molecule has 4 aromatic carbocycles. The van der Waals surface area contributed by atoms with Crippen molar-refractivity contribution in [2.75, 3.05) is 20.4 Å². The van der Waals surface area contributed by atoms with Crippen molar-refractivity contribution in [3.05, 3.63) is 119 Å². The molecule has 1 fully saturated rings. The lowest BCUT2D eigenvalue weighted by atomic mass is 9.78. The second-order valence-electron chi connectivity index (χ2n) is 10.3. The summed E-state index contributed by atoms with van der Waals surface area (Å²) < 4.78 is 16.3. The van der Waals surface area contributed by atoms with Crippen LogP contribution in [-0.4, -0.2) is 48.2 Å². The Hall–Kier alpha value is -4.46.